The number of aromatic nitrogens is 4. The SMILES string of the molecule is COc1cccc(C(=O)N2CCc3c(nn(C)c3-c3cc(C(F)(F)F)nn3C)C2C)c1C. The Morgan fingerprint density at radius 2 is 1.91 bits per heavy atom. The highest BCUT2D eigenvalue weighted by molar-refractivity contribution is 5.96. The predicted octanol–water partition coefficient (Wildman–Crippen LogP) is 3.92. The zero-order chi connectivity index (χ0) is 23.4. The third-order valence-electron chi connectivity index (χ3n) is 6.05. The number of fused-ring (bicyclic) bond motifs is 1. The molecule has 0 saturated carbocycles. The molecule has 170 valence electrons. The van der Waals surface area contributed by atoms with E-state index < -0.39 is 11.9 Å². The predicted molar refractivity (Wildman–Crippen MR) is 111 cm³/mol. The molecule has 10 heteroatoms. The Morgan fingerprint density at radius 3 is 2.53 bits per heavy atom. The lowest BCUT2D eigenvalue weighted by atomic mass is 9.95. The fourth-order valence-corrected chi connectivity index (χ4v) is 4.39. The van der Waals surface area contributed by atoms with Crippen molar-refractivity contribution in [2.45, 2.75) is 32.5 Å². The van der Waals surface area contributed by atoms with Crippen LogP contribution in [-0.4, -0.2) is 44.0 Å². The van der Waals surface area contributed by atoms with E-state index in [0.29, 0.717) is 41.4 Å². The molecule has 32 heavy (non-hydrogen) atoms. The van der Waals surface area contributed by atoms with Gasteiger partial charge >= 0.3 is 6.18 Å². The van der Waals surface area contributed by atoms with Crippen LogP contribution in [0, 0.1) is 6.92 Å². The van der Waals surface area contributed by atoms with Crippen LogP contribution in [0.2, 0.25) is 0 Å². The number of benzene rings is 1. The van der Waals surface area contributed by atoms with Crippen molar-refractivity contribution in [1.82, 2.24) is 24.5 Å². The zero-order valence-corrected chi connectivity index (χ0v) is 18.5. The summed E-state index contributed by atoms with van der Waals surface area (Å²) >= 11 is 0. The van der Waals surface area contributed by atoms with Gasteiger partial charge in [0.25, 0.3) is 5.91 Å². The number of ether oxygens (including phenoxy) is 1. The second-order valence-electron chi connectivity index (χ2n) is 7.93. The van der Waals surface area contributed by atoms with Crippen molar-refractivity contribution < 1.29 is 22.7 Å². The highest BCUT2D eigenvalue weighted by Crippen LogP contribution is 2.38. The Morgan fingerprint density at radius 1 is 1.19 bits per heavy atom. The van der Waals surface area contributed by atoms with Crippen molar-refractivity contribution >= 4 is 5.91 Å². The van der Waals surface area contributed by atoms with Crippen LogP contribution >= 0.6 is 0 Å². The smallest absolute Gasteiger partial charge is 0.435 e. The number of carbonyl (C=O) groups is 1. The van der Waals surface area contributed by atoms with E-state index >= 15 is 0 Å². The van der Waals surface area contributed by atoms with Crippen LogP contribution in [0.25, 0.3) is 11.4 Å². The molecule has 1 amide bonds. The number of aryl methyl sites for hydroxylation is 2. The summed E-state index contributed by atoms with van der Waals surface area (Å²) in [6.07, 6.45) is -4.05. The second kappa shape index (κ2) is 7.68. The standard InChI is InChI=1S/C22H24F3N5O2/c1-12-14(7-6-8-17(12)32-5)21(31)30-10-9-15-19(13(30)2)27-29(4)20(15)16-11-18(22(23,24)25)26-28(16)3/h6-8,11,13H,9-10H2,1-5H3. The normalized spacial score (nSPS) is 16.2. The van der Waals surface area contributed by atoms with Gasteiger partial charge in [-0.3, -0.25) is 14.2 Å². The van der Waals surface area contributed by atoms with E-state index in [9.17, 15) is 18.0 Å². The number of methoxy groups -OCH3 is 1. The maximum atomic E-state index is 13.3. The lowest BCUT2D eigenvalue weighted by Gasteiger charge is -2.33. The van der Waals surface area contributed by atoms with Gasteiger partial charge in [0, 0.05) is 37.3 Å². The highest BCUT2D eigenvalue weighted by Gasteiger charge is 2.37. The summed E-state index contributed by atoms with van der Waals surface area (Å²) in [5.74, 6) is 0.504. The minimum Gasteiger partial charge on any atom is -0.496 e. The molecule has 1 atom stereocenters. The number of alkyl halides is 3. The molecule has 0 saturated heterocycles. The molecular formula is C22H24F3N5O2. The molecule has 1 aromatic carbocycles. The third-order valence-corrected chi connectivity index (χ3v) is 6.05. The van der Waals surface area contributed by atoms with Gasteiger partial charge in [-0.15, -0.1) is 0 Å². The maximum Gasteiger partial charge on any atom is 0.435 e. The summed E-state index contributed by atoms with van der Waals surface area (Å²) in [5.41, 5.74) is 2.80. The van der Waals surface area contributed by atoms with Gasteiger partial charge in [-0.05, 0) is 38.5 Å². The Kier molecular flexibility index (Phi) is 5.26. The molecule has 3 heterocycles. The summed E-state index contributed by atoms with van der Waals surface area (Å²) < 4.78 is 47.6. The molecule has 1 aliphatic heterocycles. The van der Waals surface area contributed by atoms with Crippen LogP contribution in [0.5, 0.6) is 5.75 Å². The van der Waals surface area contributed by atoms with Crippen molar-refractivity contribution in [2.75, 3.05) is 13.7 Å². The molecule has 1 aliphatic rings. The van der Waals surface area contributed by atoms with Crippen LogP contribution in [0.15, 0.2) is 24.3 Å². The Bertz CT molecular complexity index is 1200. The minimum atomic E-state index is -4.53. The monoisotopic (exact) mass is 447 g/mol. The molecular weight excluding hydrogens is 423 g/mol. The molecule has 0 fully saturated rings. The minimum absolute atomic E-state index is 0.133. The number of halogens is 3. The summed E-state index contributed by atoms with van der Waals surface area (Å²) in [7, 11) is 4.74. The molecule has 0 N–H and O–H groups in total. The number of carbonyl (C=O) groups excluding carboxylic acids is 1. The van der Waals surface area contributed by atoms with Crippen molar-refractivity contribution in [3.05, 3.63) is 52.3 Å². The van der Waals surface area contributed by atoms with E-state index in [1.54, 1.807) is 41.9 Å². The lowest BCUT2D eigenvalue weighted by Crippen LogP contribution is -2.39. The van der Waals surface area contributed by atoms with Gasteiger partial charge in [0.1, 0.15) is 5.75 Å². The van der Waals surface area contributed by atoms with E-state index in [1.807, 2.05) is 13.8 Å². The van der Waals surface area contributed by atoms with Crippen LogP contribution < -0.4 is 4.74 Å². The second-order valence-corrected chi connectivity index (χ2v) is 7.93. The number of hydrogen-bond donors (Lipinski definition) is 0. The van der Waals surface area contributed by atoms with Crippen molar-refractivity contribution in [1.29, 1.82) is 0 Å². The Balaban J connectivity index is 1.71. The van der Waals surface area contributed by atoms with E-state index in [-0.39, 0.29) is 11.9 Å². The van der Waals surface area contributed by atoms with Crippen molar-refractivity contribution in [2.24, 2.45) is 14.1 Å². The van der Waals surface area contributed by atoms with E-state index in [1.165, 1.54) is 11.7 Å². The van der Waals surface area contributed by atoms with Gasteiger partial charge in [0.15, 0.2) is 5.69 Å². The number of nitrogens with zero attached hydrogens (tertiary/aromatic N) is 5. The number of hydrogen-bond acceptors (Lipinski definition) is 4. The maximum absolute atomic E-state index is 13.3. The van der Waals surface area contributed by atoms with Crippen molar-refractivity contribution in [3.63, 3.8) is 0 Å². The van der Waals surface area contributed by atoms with Crippen LogP contribution in [-0.2, 0) is 26.7 Å². The van der Waals surface area contributed by atoms with Gasteiger partial charge in [-0.25, -0.2) is 0 Å². The topological polar surface area (TPSA) is 65.2 Å². The van der Waals surface area contributed by atoms with Gasteiger partial charge in [-0.2, -0.15) is 23.4 Å². The Hall–Kier alpha value is -3.30. The average Bonchev–Trinajstić information content (AvgIpc) is 3.27. The first-order valence-electron chi connectivity index (χ1n) is 10.2. The quantitative estimate of drug-likeness (QED) is 0.611. The van der Waals surface area contributed by atoms with E-state index in [4.69, 9.17) is 4.74 Å². The number of rotatable bonds is 3. The van der Waals surface area contributed by atoms with Gasteiger partial charge in [0.2, 0.25) is 0 Å². The van der Waals surface area contributed by atoms with Gasteiger partial charge in [0.05, 0.1) is 30.2 Å². The summed E-state index contributed by atoms with van der Waals surface area (Å²) in [5, 5.41) is 8.21. The molecule has 0 radical (unpaired) electrons. The molecule has 2 aromatic heterocycles. The molecule has 1 unspecified atom stereocenters. The van der Waals surface area contributed by atoms with Gasteiger partial charge in [-0.1, -0.05) is 6.07 Å². The van der Waals surface area contributed by atoms with Crippen LogP contribution in [0.3, 0.4) is 0 Å². The molecule has 0 bridgehead atoms. The molecule has 3 aromatic rings. The first-order chi connectivity index (χ1) is 15.0. The Labute approximate surface area is 183 Å². The van der Waals surface area contributed by atoms with Crippen LogP contribution in [0.1, 0.15) is 45.8 Å². The lowest BCUT2D eigenvalue weighted by molar-refractivity contribution is -0.141. The molecule has 4 rings (SSSR count). The summed E-state index contributed by atoms with van der Waals surface area (Å²) in [6, 6.07) is 6.04. The fraction of sp³-hybridized carbons (Fsp3) is 0.409. The van der Waals surface area contributed by atoms with E-state index in [2.05, 4.69) is 10.2 Å². The van der Waals surface area contributed by atoms with Crippen LogP contribution in [0.4, 0.5) is 13.2 Å². The largest absolute Gasteiger partial charge is 0.496 e. The van der Waals surface area contributed by atoms with Gasteiger partial charge < -0.3 is 9.64 Å². The molecule has 0 spiro atoms. The third kappa shape index (κ3) is 3.43. The molecule has 0 aliphatic carbocycles. The summed E-state index contributed by atoms with van der Waals surface area (Å²) in [4.78, 5) is 15.1. The first-order valence-corrected chi connectivity index (χ1v) is 10.2. The number of amides is 1. The average molecular weight is 447 g/mol. The zero-order valence-electron chi connectivity index (χ0n) is 18.5. The van der Waals surface area contributed by atoms with Crippen molar-refractivity contribution in [3.8, 4) is 17.1 Å². The fourth-order valence-electron chi connectivity index (χ4n) is 4.39. The first kappa shape index (κ1) is 21.9. The molecule has 7 nitrogen and oxygen atoms in total. The summed E-state index contributed by atoms with van der Waals surface area (Å²) in [6.45, 7) is 4.14. The highest BCUT2D eigenvalue weighted by atomic mass is 19.4. The van der Waals surface area contributed by atoms with E-state index in [0.717, 1.165) is 17.2 Å².